The van der Waals surface area contributed by atoms with Crippen molar-refractivity contribution in [3.05, 3.63) is 23.9 Å². The summed E-state index contributed by atoms with van der Waals surface area (Å²) in [7, 11) is 1.59. The van der Waals surface area contributed by atoms with Crippen molar-refractivity contribution >= 4 is 23.1 Å². The molecule has 0 aliphatic carbocycles. The SMILES string of the molecule is CCC1[C@@H](Oc2nc3cc(OC)ccc3nc2C)CN(C(=O)OC(C)(C)C)[C@@H]1C(=O)OCC(C)C. The number of methoxy groups -OCH3 is 1. The molecule has 0 saturated carbocycles. The number of rotatable bonds is 7. The normalized spacial score (nSPS) is 20.3. The third-order valence-electron chi connectivity index (χ3n) is 5.76. The molecule has 1 aliphatic heterocycles. The van der Waals surface area contributed by atoms with Crippen molar-refractivity contribution < 1.29 is 28.5 Å². The second kappa shape index (κ2) is 10.7. The Morgan fingerprint density at radius 1 is 1.17 bits per heavy atom. The zero-order valence-electron chi connectivity index (χ0n) is 22.0. The summed E-state index contributed by atoms with van der Waals surface area (Å²) in [6.07, 6.45) is -0.459. The maximum atomic E-state index is 13.1. The van der Waals surface area contributed by atoms with Gasteiger partial charge < -0.3 is 18.9 Å². The highest BCUT2D eigenvalue weighted by Crippen LogP contribution is 2.34. The van der Waals surface area contributed by atoms with Crippen LogP contribution in [0.4, 0.5) is 4.79 Å². The molecule has 192 valence electrons. The van der Waals surface area contributed by atoms with Gasteiger partial charge >= 0.3 is 12.1 Å². The third kappa shape index (κ3) is 6.32. The van der Waals surface area contributed by atoms with Crippen LogP contribution in [0.3, 0.4) is 0 Å². The van der Waals surface area contributed by atoms with E-state index < -0.39 is 29.8 Å². The first-order valence-electron chi connectivity index (χ1n) is 12.1. The molecule has 35 heavy (non-hydrogen) atoms. The molecule has 0 spiro atoms. The molecule has 3 rings (SSSR count). The van der Waals surface area contributed by atoms with E-state index in [0.717, 1.165) is 5.52 Å². The minimum Gasteiger partial charge on any atom is -0.497 e. The van der Waals surface area contributed by atoms with Crippen molar-refractivity contribution in [3.63, 3.8) is 0 Å². The van der Waals surface area contributed by atoms with Gasteiger partial charge in [0, 0.05) is 12.0 Å². The molecule has 2 heterocycles. The number of likely N-dealkylation sites (tertiary alicyclic amines) is 1. The lowest BCUT2D eigenvalue weighted by Crippen LogP contribution is -2.46. The zero-order valence-corrected chi connectivity index (χ0v) is 22.0. The van der Waals surface area contributed by atoms with Crippen LogP contribution in [0.25, 0.3) is 11.0 Å². The van der Waals surface area contributed by atoms with Gasteiger partial charge in [-0.05, 0) is 52.2 Å². The number of carbonyl (C=O) groups is 2. The zero-order chi connectivity index (χ0) is 25.9. The summed E-state index contributed by atoms with van der Waals surface area (Å²) in [6.45, 7) is 13.5. The Morgan fingerprint density at radius 3 is 2.49 bits per heavy atom. The molecule has 1 fully saturated rings. The molecule has 0 N–H and O–H groups in total. The molecular formula is C26H37N3O6. The number of nitrogens with zero attached hydrogens (tertiary/aromatic N) is 3. The molecule has 2 aromatic rings. The predicted octanol–water partition coefficient (Wildman–Crippen LogP) is 4.54. The number of ether oxygens (including phenoxy) is 4. The van der Waals surface area contributed by atoms with Crippen LogP contribution in [0, 0.1) is 18.8 Å². The average molecular weight is 488 g/mol. The van der Waals surface area contributed by atoms with Crippen LogP contribution >= 0.6 is 0 Å². The van der Waals surface area contributed by atoms with Gasteiger partial charge in [0.1, 0.15) is 29.2 Å². The number of hydrogen-bond acceptors (Lipinski definition) is 8. The van der Waals surface area contributed by atoms with Crippen LogP contribution in [-0.4, -0.2) is 64.9 Å². The first kappa shape index (κ1) is 26.5. The summed E-state index contributed by atoms with van der Waals surface area (Å²) in [5.74, 6) is 0.445. The first-order chi connectivity index (χ1) is 16.4. The number of carbonyl (C=O) groups excluding carboxylic acids is 2. The maximum absolute atomic E-state index is 13.1. The molecule has 1 amide bonds. The van der Waals surface area contributed by atoms with Crippen LogP contribution in [0.2, 0.25) is 0 Å². The summed E-state index contributed by atoms with van der Waals surface area (Å²) >= 11 is 0. The van der Waals surface area contributed by atoms with E-state index >= 15 is 0 Å². The van der Waals surface area contributed by atoms with Crippen LogP contribution < -0.4 is 9.47 Å². The fourth-order valence-corrected chi connectivity index (χ4v) is 4.12. The predicted molar refractivity (Wildman–Crippen MR) is 132 cm³/mol. The van der Waals surface area contributed by atoms with Crippen LogP contribution in [0.15, 0.2) is 18.2 Å². The van der Waals surface area contributed by atoms with E-state index in [2.05, 4.69) is 9.97 Å². The fourth-order valence-electron chi connectivity index (χ4n) is 4.12. The van der Waals surface area contributed by atoms with Gasteiger partial charge in [-0.2, -0.15) is 0 Å². The largest absolute Gasteiger partial charge is 0.497 e. The number of hydrogen-bond donors (Lipinski definition) is 0. The summed E-state index contributed by atoms with van der Waals surface area (Å²) in [6, 6.07) is 4.65. The molecule has 0 bridgehead atoms. The van der Waals surface area contributed by atoms with E-state index in [1.165, 1.54) is 4.90 Å². The van der Waals surface area contributed by atoms with Crippen molar-refractivity contribution in [1.29, 1.82) is 0 Å². The van der Waals surface area contributed by atoms with Crippen molar-refractivity contribution in [2.75, 3.05) is 20.3 Å². The van der Waals surface area contributed by atoms with E-state index in [-0.39, 0.29) is 25.0 Å². The van der Waals surface area contributed by atoms with Crippen LogP contribution in [-0.2, 0) is 14.3 Å². The molecule has 3 atom stereocenters. The Hall–Kier alpha value is -3.10. The van der Waals surface area contributed by atoms with Gasteiger partial charge in [0.25, 0.3) is 0 Å². The van der Waals surface area contributed by atoms with E-state index in [4.69, 9.17) is 18.9 Å². The molecule has 1 aliphatic rings. The van der Waals surface area contributed by atoms with E-state index in [9.17, 15) is 9.59 Å². The van der Waals surface area contributed by atoms with Crippen molar-refractivity contribution in [3.8, 4) is 11.6 Å². The smallest absolute Gasteiger partial charge is 0.411 e. The number of aromatic nitrogens is 2. The lowest BCUT2D eigenvalue weighted by Gasteiger charge is -2.29. The highest BCUT2D eigenvalue weighted by atomic mass is 16.6. The topological polar surface area (TPSA) is 100 Å². The van der Waals surface area contributed by atoms with Gasteiger partial charge in [-0.1, -0.05) is 20.8 Å². The summed E-state index contributed by atoms with van der Waals surface area (Å²) in [5, 5.41) is 0. The van der Waals surface area contributed by atoms with E-state index in [1.807, 2.05) is 39.8 Å². The summed E-state index contributed by atoms with van der Waals surface area (Å²) < 4.78 is 22.8. The van der Waals surface area contributed by atoms with Gasteiger partial charge in [-0.15, -0.1) is 0 Å². The maximum Gasteiger partial charge on any atom is 0.411 e. The van der Waals surface area contributed by atoms with Gasteiger partial charge in [0.2, 0.25) is 5.88 Å². The number of amides is 1. The molecule has 9 nitrogen and oxygen atoms in total. The van der Waals surface area contributed by atoms with E-state index in [0.29, 0.717) is 29.3 Å². The van der Waals surface area contributed by atoms with Crippen molar-refractivity contribution in [2.24, 2.45) is 11.8 Å². The van der Waals surface area contributed by atoms with E-state index in [1.54, 1.807) is 33.9 Å². The summed E-state index contributed by atoms with van der Waals surface area (Å²) in [5.41, 5.74) is 1.27. The second-order valence-electron chi connectivity index (χ2n) is 10.3. The number of esters is 1. The summed E-state index contributed by atoms with van der Waals surface area (Å²) in [4.78, 5) is 36.9. The first-order valence-corrected chi connectivity index (χ1v) is 12.1. The average Bonchev–Trinajstić information content (AvgIpc) is 3.15. The lowest BCUT2D eigenvalue weighted by molar-refractivity contribution is -0.151. The number of fused-ring (bicyclic) bond motifs is 1. The Balaban J connectivity index is 1.93. The molecule has 1 aromatic heterocycles. The van der Waals surface area contributed by atoms with Crippen molar-refractivity contribution in [1.82, 2.24) is 14.9 Å². The Kier molecular flexibility index (Phi) is 8.07. The van der Waals surface area contributed by atoms with Gasteiger partial charge in [0.05, 0.1) is 31.3 Å². The number of aryl methyl sites for hydroxylation is 1. The standard InChI is InChI=1S/C26H37N3O6/c1-9-18-21(34-23-16(4)27-19-11-10-17(32-8)12-20(19)28-23)13-29(25(31)35-26(5,6)7)22(18)24(30)33-14-15(2)3/h10-12,15,18,21-22H,9,13-14H2,1-8H3/t18?,21-,22-/m0/s1. The molecular weight excluding hydrogens is 450 g/mol. The van der Waals surface area contributed by atoms with Crippen molar-refractivity contribution in [2.45, 2.75) is 72.6 Å². The van der Waals surface area contributed by atoms with Gasteiger partial charge in [0.15, 0.2) is 0 Å². The Labute approximate surface area is 207 Å². The quantitative estimate of drug-likeness (QED) is 0.525. The fraction of sp³-hybridized carbons (Fsp3) is 0.615. The second-order valence-corrected chi connectivity index (χ2v) is 10.3. The lowest BCUT2D eigenvalue weighted by atomic mass is 9.95. The van der Waals surface area contributed by atoms with Crippen LogP contribution in [0.1, 0.15) is 53.7 Å². The Bertz CT molecular complexity index is 1060. The Morgan fingerprint density at radius 2 is 1.89 bits per heavy atom. The molecule has 9 heteroatoms. The number of benzene rings is 1. The molecule has 1 aromatic carbocycles. The third-order valence-corrected chi connectivity index (χ3v) is 5.76. The minimum atomic E-state index is -0.813. The highest BCUT2D eigenvalue weighted by molar-refractivity contribution is 5.83. The van der Waals surface area contributed by atoms with Crippen LogP contribution in [0.5, 0.6) is 11.6 Å². The monoisotopic (exact) mass is 487 g/mol. The highest BCUT2D eigenvalue weighted by Gasteiger charge is 2.50. The molecule has 1 saturated heterocycles. The minimum absolute atomic E-state index is 0.173. The van der Waals surface area contributed by atoms with Gasteiger partial charge in [-0.3, -0.25) is 4.90 Å². The molecule has 1 unspecified atom stereocenters. The molecule has 0 radical (unpaired) electrons. The van der Waals surface area contributed by atoms with Gasteiger partial charge in [-0.25, -0.2) is 19.6 Å².